The Balaban J connectivity index is 2.60. The summed E-state index contributed by atoms with van der Waals surface area (Å²) < 4.78 is 5.20. The molecule has 0 unspecified atom stereocenters. The molecule has 0 spiro atoms. The summed E-state index contributed by atoms with van der Waals surface area (Å²) >= 11 is 5.95. The van der Waals surface area contributed by atoms with E-state index in [0.717, 1.165) is 13.1 Å². The first kappa shape index (κ1) is 16.0. The van der Waals surface area contributed by atoms with Crippen molar-refractivity contribution in [1.29, 1.82) is 0 Å². The summed E-state index contributed by atoms with van der Waals surface area (Å²) in [6, 6.07) is 1.02. The van der Waals surface area contributed by atoms with Crippen LogP contribution in [-0.4, -0.2) is 47.2 Å². The zero-order valence-electron chi connectivity index (χ0n) is 12.3. The fraction of sp³-hybridized carbons (Fsp3) is 0.692. The lowest BCUT2D eigenvalue weighted by Gasteiger charge is -2.30. The molecule has 0 radical (unpaired) electrons. The normalized spacial score (nSPS) is 11.4. The third kappa shape index (κ3) is 4.51. The summed E-state index contributed by atoms with van der Waals surface area (Å²) in [5.74, 6) is 1.12. The molecule has 0 fully saturated rings. The average Bonchev–Trinajstić information content (AvgIpc) is 2.33. The van der Waals surface area contributed by atoms with Crippen LogP contribution in [0.4, 0.5) is 5.82 Å². The Morgan fingerprint density at radius 3 is 2.42 bits per heavy atom. The van der Waals surface area contributed by atoms with E-state index in [0.29, 0.717) is 28.8 Å². The van der Waals surface area contributed by atoms with Crippen molar-refractivity contribution >= 4 is 17.4 Å². The third-order valence-corrected chi connectivity index (χ3v) is 3.22. The number of nitrogens with one attached hydrogen (secondary N) is 1. The van der Waals surface area contributed by atoms with Crippen LogP contribution in [0.2, 0.25) is 5.15 Å². The molecule has 0 bridgehead atoms. The van der Waals surface area contributed by atoms with E-state index in [1.54, 1.807) is 7.11 Å². The molecule has 0 amide bonds. The smallest absolute Gasteiger partial charge is 0.198 e. The first-order chi connectivity index (χ1) is 8.97. The van der Waals surface area contributed by atoms with Gasteiger partial charge < -0.3 is 10.1 Å². The van der Waals surface area contributed by atoms with E-state index in [4.69, 9.17) is 16.3 Å². The number of rotatable bonds is 7. The number of hydrogen-bond donors (Lipinski definition) is 1. The molecule has 0 aliphatic carbocycles. The second-order valence-corrected chi connectivity index (χ2v) is 5.26. The van der Waals surface area contributed by atoms with Gasteiger partial charge in [0.2, 0.25) is 0 Å². The first-order valence-electron chi connectivity index (χ1n) is 6.51. The predicted octanol–water partition coefficient (Wildman–Crippen LogP) is 2.67. The molecule has 19 heavy (non-hydrogen) atoms. The molecular formula is C13H23ClN4O. The maximum absolute atomic E-state index is 5.95. The van der Waals surface area contributed by atoms with Crippen LogP contribution in [0, 0.1) is 0 Å². The van der Waals surface area contributed by atoms with Crippen molar-refractivity contribution in [3.8, 4) is 5.75 Å². The Labute approximate surface area is 120 Å². The Morgan fingerprint density at radius 1 is 1.26 bits per heavy atom. The highest BCUT2D eigenvalue weighted by molar-refractivity contribution is 6.31. The van der Waals surface area contributed by atoms with Crippen LogP contribution < -0.4 is 10.1 Å². The van der Waals surface area contributed by atoms with Crippen molar-refractivity contribution in [2.45, 2.75) is 39.8 Å². The van der Waals surface area contributed by atoms with Gasteiger partial charge in [-0.3, -0.25) is 4.90 Å². The molecule has 0 aliphatic rings. The van der Waals surface area contributed by atoms with Crippen LogP contribution in [0.3, 0.4) is 0 Å². The maximum Gasteiger partial charge on any atom is 0.198 e. The van der Waals surface area contributed by atoms with E-state index >= 15 is 0 Å². The number of hydrogen-bond acceptors (Lipinski definition) is 5. The van der Waals surface area contributed by atoms with E-state index in [1.165, 1.54) is 6.33 Å². The highest BCUT2D eigenvalue weighted by Crippen LogP contribution is 2.28. The Hall–Kier alpha value is -1.07. The number of nitrogens with zero attached hydrogens (tertiary/aromatic N) is 3. The monoisotopic (exact) mass is 286 g/mol. The molecule has 1 aromatic heterocycles. The number of anilines is 1. The summed E-state index contributed by atoms with van der Waals surface area (Å²) in [4.78, 5) is 10.4. The van der Waals surface area contributed by atoms with Crippen LogP contribution in [0.1, 0.15) is 27.7 Å². The molecule has 108 valence electrons. The molecule has 0 saturated heterocycles. The van der Waals surface area contributed by atoms with Gasteiger partial charge in [-0.25, -0.2) is 9.97 Å². The van der Waals surface area contributed by atoms with E-state index in [9.17, 15) is 0 Å². The Morgan fingerprint density at radius 2 is 1.89 bits per heavy atom. The van der Waals surface area contributed by atoms with Crippen molar-refractivity contribution in [1.82, 2.24) is 14.9 Å². The second kappa shape index (κ2) is 7.50. The molecule has 6 heteroatoms. The standard InChI is InChI=1S/C13H23ClN4O/c1-9(2)18(10(3)4)7-6-15-13-11(19-5)12(14)16-8-17-13/h8-10H,6-7H2,1-5H3,(H,15,16,17). The van der Waals surface area contributed by atoms with E-state index in [-0.39, 0.29) is 0 Å². The van der Waals surface area contributed by atoms with Crippen molar-refractivity contribution in [2.24, 2.45) is 0 Å². The predicted molar refractivity (Wildman–Crippen MR) is 79.1 cm³/mol. The van der Waals surface area contributed by atoms with Gasteiger partial charge >= 0.3 is 0 Å². The van der Waals surface area contributed by atoms with E-state index < -0.39 is 0 Å². The zero-order valence-corrected chi connectivity index (χ0v) is 13.0. The average molecular weight is 287 g/mol. The summed E-state index contributed by atoms with van der Waals surface area (Å²) in [5, 5.41) is 3.57. The largest absolute Gasteiger partial charge is 0.490 e. The SMILES string of the molecule is COc1c(Cl)ncnc1NCCN(C(C)C)C(C)C. The topological polar surface area (TPSA) is 50.3 Å². The molecule has 0 aliphatic heterocycles. The minimum Gasteiger partial charge on any atom is -0.490 e. The van der Waals surface area contributed by atoms with Crippen LogP contribution in [0.5, 0.6) is 5.75 Å². The Bertz CT molecular complexity index is 390. The van der Waals surface area contributed by atoms with Gasteiger partial charge in [-0.15, -0.1) is 0 Å². The van der Waals surface area contributed by atoms with Crippen LogP contribution in [0.15, 0.2) is 6.33 Å². The number of ether oxygens (including phenoxy) is 1. The van der Waals surface area contributed by atoms with Gasteiger partial charge in [0.25, 0.3) is 0 Å². The van der Waals surface area contributed by atoms with Crippen LogP contribution in [-0.2, 0) is 0 Å². The summed E-state index contributed by atoms with van der Waals surface area (Å²) in [6.07, 6.45) is 1.43. The number of halogens is 1. The third-order valence-electron chi connectivity index (χ3n) is 2.95. The van der Waals surface area contributed by atoms with Gasteiger partial charge in [0, 0.05) is 25.2 Å². The summed E-state index contributed by atoms with van der Waals surface area (Å²) in [5.41, 5.74) is 0. The minimum absolute atomic E-state index is 0.324. The van der Waals surface area contributed by atoms with E-state index in [2.05, 4.69) is 47.9 Å². The Kier molecular flexibility index (Phi) is 6.31. The van der Waals surface area contributed by atoms with Gasteiger partial charge in [0.05, 0.1) is 7.11 Å². The lowest BCUT2D eigenvalue weighted by Crippen LogP contribution is -2.40. The quantitative estimate of drug-likeness (QED) is 0.781. The molecule has 1 aromatic rings. The lowest BCUT2D eigenvalue weighted by molar-refractivity contribution is 0.182. The van der Waals surface area contributed by atoms with E-state index in [1.807, 2.05) is 0 Å². The fourth-order valence-corrected chi connectivity index (χ4v) is 2.29. The second-order valence-electron chi connectivity index (χ2n) is 4.90. The van der Waals surface area contributed by atoms with Gasteiger partial charge in [-0.1, -0.05) is 11.6 Å². The molecule has 0 saturated carbocycles. The molecule has 0 atom stereocenters. The molecule has 1 rings (SSSR count). The lowest BCUT2D eigenvalue weighted by atomic mass is 10.2. The fourth-order valence-electron chi connectivity index (χ4n) is 2.08. The zero-order chi connectivity index (χ0) is 14.4. The van der Waals surface area contributed by atoms with Gasteiger partial charge in [-0.05, 0) is 27.7 Å². The van der Waals surface area contributed by atoms with Gasteiger partial charge in [0.15, 0.2) is 16.7 Å². The van der Waals surface area contributed by atoms with Crippen LogP contribution in [0.25, 0.3) is 0 Å². The van der Waals surface area contributed by atoms with Gasteiger partial charge in [-0.2, -0.15) is 0 Å². The van der Waals surface area contributed by atoms with Crippen LogP contribution >= 0.6 is 11.6 Å². The van der Waals surface area contributed by atoms with Gasteiger partial charge in [0.1, 0.15) is 6.33 Å². The maximum atomic E-state index is 5.95. The first-order valence-corrected chi connectivity index (χ1v) is 6.89. The highest BCUT2D eigenvalue weighted by atomic mass is 35.5. The molecular weight excluding hydrogens is 264 g/mol. The minimum atomic E-state index is 0.324. The number of methoxy groups -OCH3 is 1. The summed E-state index contributed by atoms with van der Waals surface area (Å²) in [7, 11) is 1.56. The summed E-state index contributed by atoms with van der Waals surface area (Å²) in [6.45, 7) is 10.5. The molecule has 1 heterocycles. The van der Waals surface area contributed by atoms with Crippen molar-refractivity contribution in [3.05, 3.63) is 11.5 Å². The molecule has 5 nitrogen and oxygen atoms in total. The van der Waals surface area contributed by atoms with Crippen molar-refractivity contribution < 1.29 is 4.74 Å². The van der Waals surface area contributed by atoms with Crippen molar-refractivity contribution in [3.63, 3.8) is 0 Å². The van der Waals surface area contributed by atoms with Crippen molar-refractivity contribution in [2.75, 3.05) is 25.5 Å². The molecule has 1 N–H and O–H groups in total. The highest BCUT2D eigenvalue weighted by Gasteiger charge is 2.14. The number of aromatic nitrogens is 2. The molecule has 0 aromatic carbocycles.